The summed E-state index contributed by atoms with van der Waals surface area (Å²) in [6, 6.07) is 0. The minimum Gasteiger partial charge on any atom is -0.430 e. The molecule has 1 saturated heterocycles. The lowest BCUT2D eigenvalue weighted by Gasteiger charge is -2.21. The van der Waals surface area contributed by atoms with E-state index in [1.807, 2.05) is 0 Å². The van der Waals surface area contributed by atoms with Crippen molar-refractivity contribution in [2.24, 2.45) is 0 Å². The summed E-state index contributed by atoms with van der Waals surface area (Å²) < 4.78 is 9.81. The molecule has 0 aliphatic carbocycles. The lowest BCUT2D eigenvalue weighted by Crippen LogP contribution is -2.36. The highest BCUT2D eigenvalue weighted by Gasteiger charge is 2.41. The van der Waals surface area contributed by atoms with Gasteiger partial charge in [-0.05, 0) is 12.8 Å². The van der Waals surface area contributed by atoms with Crippen LogP contribution in [0.1, 0.15) is 64.7 Å². The highest BCUT2D eigenvalue weighted by molar-refractivity contribution is 5.62. The van der Waals surface area contributed by atoms with Crippen molar-refractivity contribution in [3.8, 4) is 0 Å². The number of carbonyl (C=O) groups excluding carboxylic acids is 1. The molecule has 0 aromatic rings. The van der Waals surface area contributed by atoms with Gasteiger partial charge in [-0.2, -0.15) is 0 Å². The van der Waals surface area contributed by atoms with E-state index in [1.165, 1.54) is 38.5 Å². The van der Waals surface area contributed by atoms with Crippen molar-refractivity contribution in [2.75, 3.05) is 13.2 Å². The van der Waals surface area contributed by atoms with Crippen molar-refractivity contribution in [1.29, 1.82) is 0 Å². The van der Waals surface area contributed by atoms with Crippen LogP contribution in [-0.2, 0) is 9.47 Å². The zero-order valence-corrected chi connectivity index (χ0v) is 11.5. The Morgan fingerprint density at radius 3 is 2.22 bits per heavy atom. The van der Waals surface area contributed by atoms with Gasteiger partial charge >= 0.3 is 6.16 Å². The molecule has 0 aromatic heterocycles. The third kappa shape index (κ3) is 5.25. The molecule has 0 spiro atoms. The first-order chi connectivity index (χ1) is 8.72. The number of rotatable bonds is 10. The number of unbranched alkanes of at least 4 members (excludes halogenated alkanes) is 7. The number of aliphatic hydroxyl groups excluding tert-OH is 1. The predicted molar refractivity (Wildman–Crippen MR) is 69.5 cm³/mol. The summed E-state index contributed by atoms with van der Waals surface area (Å²) in [6.07, 6.45) is 9.93. The third-order valence-corrected chi connectivity index (χ3v) is 3.53. The standard InChI is InChI=1S/C14H26O4/c1-2-3-4-5-6-7-8-9-10-14(11-15)12-17-13(16)18-14/h15H,2-12H2,1H3. The van der Waals surface area contributed by atoms with Crippen molar-refractivity contribution < 1.29 is 19.4 Å². The number of cyclic esters (lactones) is 2. The fourth-order valence-electron chi connectivity index (χ4n) is 2.29. The summed E-state index contributed by atoms with van der Waals surface area (Å²) in [5.74, 6) is 0. The zero-order chi connectivity index (χ0) is 13.3. The molecule has 4 nitrogen and oxygen atoms in total. The fraction of sp³-hybridized carbons (Fsp3) is 0.929. The van der Waals surface area contributed by atoms with Crippen molar-refractivity contribution >= 4 is 6.16 Å². The summed E-state index contributed by atoms with van der Waals surface area (Å²) in [5.41, 5.74) is -0.765. The van der Waals surface area contributed by atoms with Crippen molar-refractivity contribution in [1.82, 2.24) is 0 Å². The Balaban J connectivity index is 2.01. The van der Waals surface area contributed by atoms with Gasteiger partial charge in [0.2, 0.25) is 0 Å². The van der Waals surface area contributed by atoms with E-state index >= 15 is 0 Å². The summed E-state index contributed by atoms with van der Waals surface area (Å²) in [5, 5.41) is 9.28. The predicted octanol–water partition coefficient (Wildman–Crippen LogP) is 3.42. The molecule has 1 heterocycles. The van der Waals surface area contributed by atoms with Crippen LogP contribution in [0.5, 0.6) is 0 Å². The maximum Gasteiger partial charge on any atom is 0.509 e. The minimum atomic E-state index is -0.765. The molecule has 1 rings (SSSR count). The van der Waals surface area contributed by atoms with Crippen molar-refractivity contribution in [3.05, 3.63) is 0 Å². The van der Waals surface area contributed by atoms with Gasteiger partial charge in [0, 0.05) is 0 Å². The number of hydrogen-bond acceptors (Lipinski definition) is 4. The number of aliphatic hydroxyl groups is 1. The SMILES string of the molecule is CCCCCCCCCCC1(CO)COC(=O)O1. The van der Waals surface area contributed by atoms with Crippen LogP contribution >= 0.6 is 0 Å². The van der Waals surface area contributed by atoms with E-state index in [2.05, 4.69) is 6.92 Å². The molecule has 0 saturated carbocycles. The topological polar surface area (TPSA) is 55.8 Å². The molecule has 1 aliphatic heterocycles. The molecule has 4 heteroatoms. The molecule has 106 valence electrons. The van der Waals surface area contributed by atoms with E-state index in [4.69, 9.17) is 9.47 Å². The number of hydrogen-bond donors (Lipinski definition) is 1. The van der Waals surface area contributed by atoms with Crippen LogP contribution < -0.4 is 0 Å². The first-order valence-corrected chi connectivity index (χ1v) is 7.19. The summed E-state index contributed by atoms with van der Waals surface area (Å²) in [6.45, 7) is 2.27. The van der Waals surface area contributed by atoms with Gasteiger partial charge in [0.25, 0.3) is 0 Å². The molecule has 0 aromatic carbocycles. The van der Waals surface area contributed by atoms with Crippen LogP contribution in [0.2, 0.25) is 0 Å². The summed E-state index contributed by atoms with van der Waals surface area (Å²) in [7, 11) is 0. The van der Waals surface area contributed by atoms with E-state index in [0.717, 1.165) is 12.8 Å². The molecule has 1 atom stereocenters. The molecule has 0 bridgehead atoms. The average molecular weight is 258 g/mol. The lowest BCUT2D eigenvalue weighted by atomic mass is 9.97. The maximum atomic E-state index is 10.9. The Hall–Kier alpha value is -0.770. The highest BCUT2D eigenvalue weighted by atomic mass is 16.8. The Morgan fingerprint density at radius 1 is 1.11 bits per heavy atom. The Morgan fingerprint density at radius 2 is 1.72 bits per heavy atom. The second kappa shape index (κ2) is 8.35. The third-order valence-electron chi connectivity index (χ3n) is 3.53. The first kappa shape index (κ1) is 15.3. The maximum absolute atomic E-state index is 10.9. The molecule has 1 N–H and O–H groups in total. The fourth-order valence-corrected chi connectivity index (χ4v) is 2.29. The molecule has 1 unspecified atom stereocenters. The van der Waals surface area contributed by atoms with E-state index in [-0.39, 0.29) is 13.2 Å². The van der Waals surface area contributed by atoms with E-state index < -0.39 is 11.8 Å². The molecular formula is C14H26O4. The van der Waals surface area contributed by atoms with Gasteiger partial charge in [-0.3, -0.25) is 0 Å². The number of ether oxygens (including phenoxy) is 2. The highest BCUT2D eigenvalue weighted by Crippen LogP contribution is 2.26. The lowest BCUT2D eigenvalue weighted by molar-refractivity contribution is -0.00111. The zero-order valence-electron chi connectivity index (χ0n) is 11.5. The smallest absolute Gasteiger partial charge is 0.430 e. The first-order valence-electron chi connectivity index (χ1n) is 7.19. The van der Waals surface area contributed by atoms with Crippen LogP contribution in [0, 0.1) is 0 Å². The van der Waals surface area contributed by atoms with Crippen LogP contribution in [0.4, 0.5) is 4.79 Å². The molecular weight excluding hydrogens is 232 g/mol. The minimum absolute atomic E-state index is 0.144. The van der Waals surface area contributed by atoms with Crippen LogP contribution in [-0.4, -0.2) is 30.1 Å². The Labute approximate surface area is 110 Å². The van der Waals surface area contributed by atoms with Crippen molar-refractivity contribution in [3.63, 3.8) is 0 Å². The van der Waals surface area contributed by atoms with Gasteiger partial charge in [0.05, 0.1) is 6.61 Å². The van der Waals surface area contributed by atoms with Gasteiger partial charge in [-0.15, -0.1) is 0 Å². The van der Waals surface area contributed by atoms with E-state index in [9.17, 15) is 9.90 Å². The van der Waals surface area contributed by atoms with Gasteiger partial charge < -0.3 is 14.6 Å². The van der Waals surface area contributed by atoms with Gasteiger partial charge in [0.15, 0.2) is 5.60 Å². The summed E-state index contributed by atoms with van der Waals surface area (Å²) >= 11 is 0. The molecule has 1 aliphatic rings. The number of carbonyl (C=O) groups is 1. The van der Waals surface area contributed by atoms with Gasteiger partial charge in [0.1, 0.15) is 6.61 Å². The largest absolute Gasteiger partial charge is 0.509 e. The van der Waals surface area contributed by atoms with Crippen LogP contribution in [0.3, 0.4) is 0 Å². The molecule has 18 heavy (non-hydrogen) atoms. The van der Waals surface area contributed by atoms with Crippen molar-refractivity contribution in [2.45, 2.75) is 70.3 Å². The molecule has 0 amide bonds. The Bertz CT molecular complexity index is 242. The molecule has 0 radical (unpaired) electrons. The monoisotopic (exact) mass is 258 g/mol. The normalized spacial score (nSPS) is 22.9. The summed E-state index contributed by atoms with van der Waals surface area (Å²) in [4.78, 5) is 10.9. The second-order valence-corrected chi connectivity index (χ2v) is 5.21. The molecule has 1 fully saturated rings. The van der Waals surface area contributed by atoms with E-state index in [1.54, 1.807) is 0 Å². The van der Waals surface area contributed by atoms with E-state index in [0.29, 0.717) is 6.42 Å². The van der Waals surface area contributed by atoms with Gasteiger partial charge in [-0.25, -0.2) is 4.79 Å². The van der Waals surface area contributed by atoms with Crippen LogP contribution in [0.25, 0.3) is 0 Å². The van der Waals surface area contributed by atoms with Crippen LogP contribution in [0.15, 0.2) is 0 Å². The average Bonchev–Trinajstić information content (AvgIpc) is 2.75. The Kier molecular flexibility index (Phi) is 7.09. The quantitative estimate of drug-likeness (QED) is 0.482. The van der Waals surface area contributed by atoms with Gasteiger partial charge in [-0.1, -0.05) is 51.9 Å². The second-order valence-electron chi connectivity index (χ2n) is 5.21.